The summed E-state index contributed by atoms with van der Waals surface area (Å²) < 4.78 is 10.5. The molecule has 0 saturated carbocycles. The molecule has 4 heteroatoms. The number of esters is 2. The predicted molar refractivity (Wildman–Crippen MR) is 135 cm³/mol. The summed E-state index contributed by atoms with van der Waals surface area (Å²) in [6.45, 7) is 4.00. The third-order valence-corrected chi connectivity index (χ3v) is 5.55. The monoisotopic (exact) mass is 450 g/mol. The molecule has 0 N–H and O–H groups in total. The fraction of sp³-hybridized carbons (Fsp3) is 0.133. The maximum Gasteiger partial charge on any atom is 0.338 e. The number of carbonyl (C=O) groups is 2. The average molecular weight is 451 g/mol. The summed E-state index contributed by atoms with van der Waals surface area (Å²) in [5.74, 6) is -0.947. The van der Waals surface area contributed by atoms with E-state index in [2.05, 4.69) is 24.3 Å². The van der Waals surface area contributed by atoms with Crippen LogP contribution in [-0.4, -0.2) is 25.2 Å². The lowest BCUT2D eigenvalue weighted by molar-refractivity contribution is 0.0526. The van der Waals surface area contributed by atoms with E-state index in [-0.39, 0.29) is 13.2 Å². The Morgan fingerprint density at radius 3 is 1.68 bits per heavy atom. The van der Waals surface area contributed by atoms with Crippen molar-refractivity contribution in [3.8, 4) is 33.4 Å². The van der Waals surface area contributed by atoms with Gasteiger partial charge in [0.1, 0.15) is 0 Å². The fourth-order valence-electron chi connectivity index (χ4n) is 4.04. The average Bonchev–Trinajstić information content (AvgIpc) is 2.89. The molecule has 0 atom stereocenters. The summed E-state index contributed by atoms with van der Waals surface area (Å²) >= 11 is 0. The van der Waals surface area contributed by atoms with Crippen LogP contribution in [-0.2, 0) is 9.47 Å². The van der Waals surface area contributed by atoms with E-state index in [0.717, 1.165) is 27.8 Å². The Kier molecular flexibility index (Phi) is 7.19. The van der Waals surface area contributed by atoms with Crippen LogP contribution in [0.15, 0.2) is 97.1 Å². The second-order valence-corrected chi connectivity index (χ2v) is 7.66. The molecule has 0 heterocycles. The van der Waals surface area contributed by atoms with E-state index in [0.29, 0.717) is 16.7 Å². The molecule has 4 aromatic carbocycles. The Morgan fingerprint density at radius 1 is 0.559 bits per heavy atom. The largest absolute Gasteiger partial charge is 0.462 e. The molecule has 0 aliphatic heterocycles. The highest BCUT2D eigenvalue weighted by Gasteiger charge is 2.20. The topological polar surface area (TPSA) is 52.6 Å². The zero-order valence-corrected chi connectivity index (χ0v) is 19.3. The Balaban J connectivity index is 1.91. The molecule has 0 fully saturated rings. The van der Waals surface area contributed by atoms with E-state index in [4.69, 9.17) is 9.47 Å². The number of benzene rings is 4. The van der Waals surface area contributed by atoms with Crippen LogP contribution in [0.1, 0.15) is 34.6 Å². The van der Waals surface area contributed by atoms with Crippen LogP contribution in [0.4, 0.5) is 0 Å². The van der Waals surface area contributed by atoms with E-state index in [1.807, 2.05) is 54.6 Å². The second-order valence-electron chi connectivity index (χ2n) is 7.66. The van der Waals surface area contributed by atoms with Crippen molar-refractivity contribution in [3.63, 3.8) is 0 Å². The number of ether oxygens (including phenoxy) is 2. The smallest absolute Gasteiger partial charge is 0.338 e. The Morgan fingerprint density at radius 2 is 1.06 bits per heavy atom. The molecule has 4 aromatic rings. The fourth-order valence-corrected chi connectivity index (χ4v) is 4.04. The van der Waals surface area contributed by atoms with Crippen molar-refractivity contribution in [3.05, 3.63) is 108 Å². The van der Waals surface area contributed by atoms with Crippen LogP contribution in [0.3, 0.4) is 0 Å². The van der Waals surface area contributed by atoms with Gasteiger partial charge in [-0.1, -0.05) is 84.9 Å². The normalized spacial score (nSPS) is 10.5. The molecule has 0 bridgehead atoms. The van der Waals surface area contributed by atoms with Gasteiger partial charge in [0.15, 0.2) is 0 Å². The minimum atomic E-state index is -0.477. The third kappa shape index (κ3) is 4.76. The second kappa shape index (κ2) is 10.6. The predicted octanol–water partition coefficient (Wildman–Crippen LogP) is 7.04. The minimum absolute atomic E-state index is 0.237. The number of hydrogen-bond donors (Lipinski definition) is 0. The first-order valence-corrected chi connectivity index (χ1v) is 11.4. The van der Waals surface area contributed by atoms with Gasteiger partial charge in [0.25, 0.3) is 0 Å². The molecule has 0 unspecified atom stereocenters. The lowest BCUT2D eigenvalue weighted by atomic mass is 9.87. The molecular weight excluding hydrogens is 424 g/mol. The van der Waals surface area contributed by atoms with Gasteiger partial charge < -0.3 is 9.47 Å². The van der Waals surface area contributed by atoms with Gasteiger partial charge in [-0.3, -0.25) is 0 Å². The summed E-state index contributed by atoms with van der Waals surface area (Å²) in [6.07, 6.45) is 0. The maximum atomic E-state index is 12.9. The van der Waals surface area contributed by atoms with Crippen LogP contribution in [0.25, 0.3) is 33.4 Å². The lowest BCUT2D eigenvalue weighted by Crippen LogP contribution is -2.10. The molecule has 0 saturated heterocycles. The first-order valence-electron chi connectivity index (χ1n) is 11.4. The highest BCUT2D eigenvalue weighted by Crippen LogP contribution is 2.39. The molecule has 34 heavy (non-hydrogen) atoms. The van der Waals surface area contributed by atoms with Crippen molar-refractivity contribution in [1.29, 1.82) is 0 Å². The van der Waals surface area contributed by atoms with Crippen molar-refractivity contribution in [2.24, 2.45) is 0 Å². The van der Waals surface area contributed by atoms with Crippen LogP contribution in [0.5, 0.6) is 0 Å². The van der Waals surface area contributed by atoms with Gasteiger partial charge in [-0.25, -0.2) is 9.59 Å². The van der Waals surface area contributed by atoms with Gasteiger partial charge in [-0.15, -0.1) is 0 Å². The molecule has 4 rings (SSSR count). The summed E-state index contributed by atoms with van der Waals surface area (Å²) in [6, 6.07) is 31.4. The Hall–Kier alpha value is -4.18. The van der Waals surface area contributed by atoms with Crippen molar-refractivity contribution >= 4 is 11.9 Å². The molecular formula is C30H26O4. The molecule has 0 radical (unpaired) electrons. The Labute approximate surface area is 199 Å². The molecule has 4 nitrogen and oxygen atoms in total. The highest BCUT2D eigenvalue weighted by atomic mass is 16.5. The van der Waals surface area contributed by atoms with Crippen LogP contribution < -0.4 is 0 Å². The van der Waals surface area contributed by atoms with E-state index in [1.54, 1.807) is 32.0 Å². The number of hydrogen-bond acceptors (Lipinski definition) is 4. The SMILES string of the molecule is CCOC(=O)c1ccc(-c2ccccc2-c2ccccc2-c2ccccc2)c(C(=O)OCC)c1. The first kappa shape index (κ1) is 23.0. The van der Waals surface area contributed by atoms with E-state index in [1.165, 1.54) is 0 Å². The summed E-state index contributed by atoms with van der Waals surface area (Å²) in [4.78, 5) is 25.3. The standard InChI is InChI=1S/C30H26O4/c1-3-33-29(31)22-18-19-27(28(20-22)30(32)34-4-2)26-17-11-10-16-25(26)24-15-9-8-14-23(24)21-12-6-5-7-13-21/h5-20H,3-4H2,1-2H3. The quantitative estimate of drug-likeness (QED) is 0.283. The van der Waals surface area contributed by atoms with Gasteiger partial charge in [-0.05, 0) is 59.4 Å². The van der Waals surface area contributed by atoms with Crippen LogP contribution in [0, 0.1) is 0 Å². The molecule has 0 aliphatic rings. The van der Waals surface area contributed by atoms with Crippen molar-refractivity contribution in [1.82, 2.24) is 0 Å². The van der Waals surface area contributed by atoms with E-state index >= 15 is 0 Å². The number of rotatable bonds is 7. The van der Waals surface area contributed by atoms with Crippen LogP contribution >= 0.6 is 0 Å². The Bertz CT molecular complexity index is 1310. The van der Waals surface area contributed by atoms with Gasteiger partial charge in [0, 0.05) is 0 Å². The zero-order valence-electron chi connectivity index (χ0n) is 19.3. The number of carbonyl (C=O) groups excluding carboxylic acids is 2. The van der Waals surface area contributed by atoms with Crippen molar-refractivity contribution in [2.45, 2.75) is 13.8 Å². The summed E-state index contributed by atoms with van der Waals surface area (Å²) in [5.41, 5.74) is 6.46. The molecule has 0 aliphatic carbocycles. The summed E-state index contributed by atoms with van der Waals surface area (Å²) in [5, 5.41) is 0. The third-order valence-electron chi connectivity index (χ3n) is 5.55. The maximum absolute atomic E-state index is 12.9. The lowest BCUT2D eigenvalue weighted by Gasteiger charge is -2.17. The molecule has 170 valence electrons. The van der Waals surface area contributed by atoms with E-state index in [9.17, 15) is 9.59 Å². The van der Waals surface area contributed by atoms with Crippen molar-refractivity contribution < 1.29 is 19.1 Å². The van der Waals surface area contributed by atoms with Crippen LogP contribution in [0.2, 0.25) is 0 Å². The van der Waals surface area contributed by atoms with Gasteiger partial charge in [-0.2, -0.15) is 0 Å². The van der Waals surface area contributed by atoms with Gasteiger partial charge in [0.2, 0.25) is 0 Å². The van der Waals surface area contributed by atoms with E-state index < -0.39 is 11.9 Å². The molecule has 0 aromatic heterocycles. The zero-order chi connectivity index (χ0) is 23.9. The highest BCUT2D eigenvalue weighted by molar-refractivity contribution is 6.03. The summed E-state index contributed by atoms with van der Waals surface area (Å²) in [7, 11) is 0. The molecule has 0 amide bonds. The van der Waals surface area contributed by atoms with Crippen molar-refractivity contribution in [2.75, 3.05) is 13.2 Å². The van der Waals surface area contributed by atoms with Gasteiger partial charge in [0.05, 0.1) is 24.3 Å². The molecule has 0 spiro atoms. The van der Waals surface area contributed by atoms with Gasteiger partial charge >= 0.3 is 11.9 Å². The first-order chi connectivity index (χ1) is 16.6. The minimum Gasteiger partial charge on any atom is -0.462 e.